The molecule has 0 radical (unpaired) electrons. The van der Waals surface area contributed by atoms with E-state index in [-0.39, 0.29) is 23.7 Å². The third-order valence-electron chi connectivity index (χ3n) is 19.6. The van der Waals surface area contributed by atoms with Crippen molar-refractivity contribution in [3.05, 3.63) is 272 Å². The van der Waals surface area contributed by atoms with E-state index in [0.717, 1.165) is 59.1 Å². The van der Waals surface area contributed by atoms with Gasteiger partial charge in [-0.25, -0.2) is 0 Å². The van der Waals surface area contributed by atoms with Crippen molar-refractivity contribution in [3.8, 4) is 11.5 Å². The van der Waals surface area contributed by atoms with Crippen molar-refractivity contribution in [1.29, 1.82) is 0 Å². The summed E-state index contributed by atoms with van der Waals surface area (Å²) in [5, 5.41) is 0. The Hall–Kier alpha value is -5.94. The Bertz CT molecular complexity index is 3340. The first-order valence-corrected chi connectivity index (χ1v) is 35.4. The van der Waals surface area contributed by atoms with Crippen LogP contribution in [0.3, 0.4) is 0 Å². The summed E-state index contributed by atoms with van der Waals surface area (Å²) in [5.74, 6) is 0.470. The van der Waals surface area contributed by atoms with Crippen LogP contribution in [-0.4, -0.2) is 19.6 Å². The average Bonchev–Trinajstić information content (AvgIpc) is 0.718. The molecular formula is C81H102O6P2. The summed E-state index contributed by atoms with van der Waals surface area (Å²) in [6, 6.07) is 69.9. The Balaban J connectivity index is 1.68. The molecule has 0 amide bonds. The summed E-state index contributed by atoms with van der Waals surface area (Å²) in [4.78, 5) is 43.5. The van der Waals surface area contributed by atoms with E-state index in [9.17, 15) is 19.6 Å². The molecule has 0 saturated heterocycles. The fourth-order valence-electron chi connectivity index (χ4n) is 15.1. The zero-order valence-electron chi connectivity index (χ0n) is 55.7. The van der Waals surface area contributed by atoms with Crippen LogP contribution in [0.15, 0.2) is 188 Å². The molecule has 0 heterocycles. The second-order valence-electron chi connectivity index (χ2n) is 27.4. The highest BCUT2D eigenvalue weighted by Gasteiger charge is 2.61. The monoisotopic (exact) mass is 1230 g/mol. The standard InChI is InChI=1S/C81H102O6P2/c1-14-15-16-17-18-19-20-21-22-23-39-52-80(72-55-74(78(8,9)10)76(53-57(72)2)86-88(82)83,73-56-75(79(11,12)13)77(54-58(73)3)87-89(84)85)81(70-50-37-35-47-67(70)60(5)64-42-29-25-30-43-64,71-51-38-36-48-68(71)61(6)65-44-31-26-32-45-65)62(7)69-49-34-33-46-66(69)59(4)63-40-27-24-28-41-63/h24-38,40-51,53-56,59-62,82-85H,14-23,39,52H2,1-13H3. The fraction of sp³-hybridized carbons (Fsp3) is 0.407. The summed E-state index contributed by atoms with van der Waals surface area (Å²) >= 11 is 0. The minimum absolute atomic E-state index is 0.0144. The van der Waals surface area contributed by atoms with Gasteiger partial charge < -0.3 is 28.6 Å². The van der Waals surface area contributed by atoms with Gasteiger partial charge in [-0.15, -0.1) is 0 Å². The lowest BCUT2D eigenvalue weighted by Gasteiger charge is -2.59. The molecule has 8 heteroatoms. The van der Waals surface area contributed by atoms with Crippen molar-refractivity contribution in [2.45, 2.75) is 212 Å². The minimum atomic E-state index is -2.78. The van der Waals surface area contributed by atoms with Gasteiger partial charge in [-0.3, -0.25) is 0 Å². The Morgan fingerprint density at radius 1 is 0.360 bits per heavy atom. The zero-order chi connectivity index (χ0) is 64.1. The highest BCUT2D eigenvalue weighted by molar-refractivity contribution is 7.40. The largest absolute Gasteiger partial charge is 0.427 e. The molecule has 472 valence electrons. The molecule has 0 aliphatic carbocycles. The van der Waals surface area contributed by atoms with Crippen molar-refractivity contribution >= 4 is 17.2 Å². The summed E-state index contributed by atoms with van der Waals surface area (Å²) in [7, 11) is -5.55. The molecule has 0 saturated carbocycles. The third-order valence-corrected chi connectivity index (χ3v) is 20.3. The number of unbranched alkanes of at least 4 members (excludes halogenated alkanes) is 10. The van der Waals surface area contributed by atoms with E-state index in [4.69, 9.17) is 9.05 Å². The Labute approximate surface area is 538 Å². The molecule has 89 heavy (non-hydrogen) atoms. The normalized spacial score (nSPS) is 14.3. The van der Waals surface area contributed by atoms with Crippen LogP contribution in [0.5, 0.6) is 11.5 Å². The second-order valence-corrected chi connectivity index (χ2v) is 28.8. The number of benzene rings is 8. The lowest BCUT2D eigenvalue weighted by atomic mass is 9.43. The van der Waals surface area contributed by atoms with Gasteiger partial charge in [0.2, 0.25) is 0 Å². The lowest BCUT2D eigenvalue weighted by Crippen LogP contribution is -2.56. The Kier molecular flexibility index (Phi) is 24.0. The second kappa shape index (κ2) is 30.9. The minimum Gasteiger partial charge on any atom is -0.427 e. The molecule has 6 nitrogen and oxygen atoms in total. The van der Waals surface area contributed by atoms with Crippen molar-refractivity contribution in [2.75, 3.05) is 0 Å². The van der Waals surface area contributed by atoms with Crippen LogP contribution < -0.4 is 9.05 Å². The van der Waals surface area contributed by atoms with Crippen LogP contribution in [0, 0.1) is 13.8 Å². The molecule has 0 fully saturated rings. The van der Waals surface area contributed by atoms with E-state index in [0.29, 0.717) is 17.9 Å². The molecule has 8 rings (SSSR count). The first kappa shape index (κ1) is 69.0. The van der Waals surface area contributed by atoms with Gasteiger partial charge in [0, 0.05) is 39.7 Å². The van der Waals surface area contributed by atoms with E-state index in [2.05, 4.69) is 278 Å². The molecule has 0 bridgehead atoms. The van der Waals surface area contributed by atoms with Gasteiger partial charge in [0.25, 0.3) is 0 Å². The lowest BCUT2D eigenvalue weighted by molar-refractivity contribution is 0.233. The highest BCUT2D eigenvalue weighted by atomic mass is 31.2. The maximum absolute atomic E-state index is 10.9. The van der Waals surface area contributed by atoms with Gasteiger partial charge >= 0.3 is 17.2 Å². The van der Waals surface area contributed by atoms with Crippen LogP contribution in [-0.2, 0) is 21.7 Å². The molecule has 0 aromatic heterocycles. The van der Waals surface area contributed by atoms with Gasteiger partial charge in [-0.05, 0) is 121 Å². The molecule has 8 aromatic rings. The van der Waals surface area contributed by atoms with Crippen LogP contribution in [0.1, 0.15) is 260 Å². The third kappa shape index (κ3) is 15.5. The predicted molar refractivity (Wildman–Crippen MR) is 376 cm³/mol. The van der Waals surface area contributed by atoms with Crippen molar-refractivity contribution in [1.82, 2.24) is 0 Å². The highest BCUT2D eigenvalue weighted by Crippen LogP contribution is 2.66. The topological polar surface area (TPSA) is 99.4 Å². The number of rotatable bonds is 29. The van der Waals surface area contributed by atoms with Crippen LogP contribution in [0.2, 0.25) is 0 Å². The molecule has 0 aliphatic rings. The van der Waals surface area contributed by atoms with E-state index in [1.54, 1.807) is 0 Å². The van der Waals surface area contributed by atoms with Crippen LogP contribution in [0.25, 0.3) is 0 Å². The molecule has 0 spiro atoms. The quantitative estimate of drug-likeness (QED) is 0.0275. The number of aryl methyl sites for hydroxylation is 2. The van der Waals surface area contributed by atoms with Gasteiger partial charge in [0.15, 0.2) is 0 Å². The van der Waals surface area contributed by atoms with E-state index < -0.39 is 38.9 Å². The zero-order valence-corrected chi connectivity index (χ0v) is 57.5. The van der Waals surface area contributed by atoms with E-state index >= 15 is 0 Å². The molecule has 0 aliphatic heterocycles. The fourth-order valence-corrected chi connectivity index (χ4v) is 15.7. The first-order valence-electron chi connectivity index (χ1n) is 33.0. The molecule has 4 N–H and O–H groups in total. The van der Waals surface area contributed by atoms with Crippen LogP contribution >= 0.6 is 17.2 Å². The first-order chi connectivity index (χ1) is 42.6. The number of hydrogen-bond acceptors (Lipinski definition) is 6. The maximum Gasteiger partial charge on any atom is 0.391 e. The SMILES string of the molecule is CCCCCCCCCCCCCC(c1cc(C(C)(C)C)c(OP(O)O)cc1C)(c1cc(C(C)(C)C)c(OP(O)O)cc1C)C(c1ccccc1C(C)c1ccccc1)(c1ccccc1C(C)c1ccccc1)C(C)c1ccccc1C(C)c1ccccc1. The molecule has 4 unspecified atom stereocenters. The van der Waals surface area contributed by atoms with Gasteiger partial charge in [0.1, 0.15) is 11.5 Å². The van der Waals surface area contributed by atoms with E-state index in [1.165, 1.54) is 95.0 Å². The smallest absolute Gasteiger partial charge is 0.391 e. The Morgan fingerprint density at radius 3 is 1.03 bits per heavy atom. The van der Waals surface area contributed by atoms with Crippen molar-refractivity contribution < 1.29 is 28.6 Å². The molecule has 8 aromatic carbocycles. The Morgan fingerprint density at radius 2 is 0.674 bits per heavy atom. The van der Waals surface area contributed by atoms with E-state index in [1.807, 2.05) is 0 Å². The van der Waals surface area contributed by atoms with Gasteiger partial charge in [0.05, 0.1) is 0 Å². The molecule has 4 atom stereocenters. The summed E-state index contributed by atoms with van der Waals surface area (Å²) < 4.78 is 12.4. The maximum atomic E-state index is 10.9. The number of hydrogen-bond donors (Lipinski definition) is 4. The van der Waals surface area contributed by atoms with Crippen LogP contribution in [0.4, 0.5) is 0 Å². The molecular weight excluding hydrogens is 1130 g/mol. The van der Waals surface area contributed by atoms with Crippen molar-refractivity contribution in [3.63, 3.8) is 0 Å². The predicted octanol–water partition coefficient (Wildman–Crippen LogP) is 22.3. The average molecular weight is 1230 g/mol. The van der Waals surface area contributed by atoms with Crippen molar-refractivity contribution in [2.24, 2.45) is 0 Å². The van der Waals surface area contributed by atoms with Gasteiger partial charge in [-0.2, -0.15) is 0 Å². The summed E-state index contributed by atoms with van der Waals surface area (Å²) in [5.41, 5.74) is 13.8. The summed E-state index contributed by atoms with van der Waals surface area (Å²) in [6.45, 7) is 29.5. The van der Waals surface area contributed by atoms with Gasteiger partial charge in [-0.1, -0.05) is 323 Å². The summed E-state index contributed by atoms with van der Waals surface area (Å²) in [6.07, 6.45) is 13.7.